The first-order chi connectivity index (χ1) is 8.16. The molecule has 0 unspecified atom stereocenters. The summed E-state index contributed by atoms with van der Waals surface area (Å²) in [5.41, 5.74) is 1.10. The van der Waals surface area contributed by atoms with Gasteiger partial charge >= 0.3 is 5.97 Å². The number of carbonyl (C=O) groups is 1. The Morgan fingerprint density at radius 3 is 2.88 bits per heavy atom. The average molecular weight is 227 g/mol. The fraction of sp³-hybridized carbons (Fsp3) is 0.0769. The minimum atomic E-state index is -1.00. The molecule has 0 bridgehead atoms. The number of carboxylic acids is 1. The number of oxazole rings is 1. The highest BCUT2D eigenvalue weighted by Gasteiger charge is 2.16. The maximum Gasteiger partial charge on any atom is 0.339 e. The van der Waals surface area contributed by atoms with Crippen molar-refractivity contribution in [3.8, 4) is 0 Å². The van der Waals surface area contributed by atoms with Crippen LogP contribution in [0.1, 0.15) is 16.2 Å². The van der Waals surface area contributed by atoms with Crippen LogP contribution in [-0.4, -0.2) is 16.1 Å². The molecule has 0 aliphatic rings. The van der Waals surface area contributed by atoms with Crippen molar-refractivity contribution in [1.82, 2.24) is 4.98 Å². The van der Waals surface area contributed by atoms with Crippen molar-refractivity contribution in [1.29, 1.82) is 0 Å². The number of carboxylic acid groups (broad SMARTS) is 1. The van der Waals surface area contributed by atoms with Crippen LogP contribution < -0.4 is 0 Å². The van der Waals surface area contributed by atoms with E-state index in [9.17, 15) is 4.79 Å². The Balaban J connectivity index is 2.58. The smallest absolute Gasteiger partial charge is 0.339 e. The summed E-state index contributed by atoms with van der Waals surface area (Å²) in [5.74, 6) is -0.532. The summed E-state index contributed by atoms with van der Waals surface area (Å²) in [6.45, 7) is 1.71. The number of nitrogens with zero attached hydrogens (tertiary/aromatic N) is 1. The highest BCUT2D eigenvalue weighted by molar-refractivity contribution is 6.12. The lowest BCUT2D eigenvalue weighted by atomic mass is 10.1. The first-order valence-corrected chi connectivity index (χ1v) is 5.19. The summed E-state index contributed by atoms with van der Waals surface area (Å²) in [7, 11) is 0. The minimum Gasteiger partial charge on any atom is -0.478 e. The Hall–Kier alpha value is -2.36. The highest BCUT2D eigenvalue weighted by Crippen LogP contribution is 2.28. The van der Waals surface area contributed by atoms with Crippen LogP contribution in [0, 0.1) is 6.92 Å². The highest BCUT2D eigenvalue weighted by atomic mass is 16.4. The van der Waals surface area contributed by atoms with Gasteiger partial charge < -0.3 is 9.52 Å². The molecule has 17 heavy (non-hydrogen) atoms. The molecular formula is C13H9NO3. The molecule has 1 heterocycles. The zero-order valence-electron chi connectivity index (χ0n) is 9.10. The van der Waals surface area contributed by atoms with Crippen molar-refractivity contribution >= 4 is 27.8 Å². The van der Waals surface area contributed by atoms with E-state index in [2.05, 4.69) is 4.98 Å². The monoisotopic (exact) mass is 227 g/mol. The number of benzene rings is 2. The first-order valence-electron chi connectivity index (χ1n) is 5.19. The lowest BCUT2D eigenvalue weighted by molar-refractivity contribution is 0.0698. The SMILES string of the molecule is Cc1nc2c(o1)c(C(=O)O)cc1ccccc12. The molecule has 3 rings (SSSR count). The summed E-state index contributed by atoms with van der Waals surface area (Å²) in [6.07, 6.45) is 0. The van der Waals surface area contributed by atoms with E-state index in [1.54, 1.807) is 13.0 Å². The predicted octanol–water partition coefficient (Wildman–Crippen LogP) is 2.99. The fourth-order valence-corrected chi connectivity index (χ4v) is 2.01. The summed E-state index contributed by atoms with van der Waals surface area (Å²) in [5, 5.41) is 10.9. The summed E-state index contributed by atoms with van der Waals surface area (Å²) < 4.78 is 5.38. The Labute approximate surface area is 96.5 Å². The van der Waals surface area contributed by atoms with Crippen LogP contribution in [0.25, 0.3) is 21.9 Å². The molecule has 0 aliphatic heterocycles. The second-order valence-corrected chi connectivity index (χ2v) is 3.86. The third-order valence-electron chi connectivity index (χ3n) is 2.72. The largest absolute Gasteiger partial charge is 0.478 e. The van der Waals surface area contributed by atoms with Gasteiger partial charge in [-0.15, -0.1) is 0 Å². The van der Waals surface area contributed by atoms with E-state index in [4.69, 9.17) is 9.52 Å². The van der Waals surface area contributed by atoms with E-state index < -0.39 is 5.97 Å². The maximum absolute atomic E-state index is 11.2. The zero-order valence-corrected chi connectivity index (χ0v) is 9.10. The van der Waals surface area contributed by atoms with Crippen molar-refractivity contribution in [2.45, 2.75) is 6.92 Å². The Morgan fingerprint density at radius 2 is 2.12 bits per heavy atom. The van der Waals surface area contributed by atoms with Crippen molar-refractivity contribution < 1.29 is 14.3 Å². The molecule has 0 radical (unpaired) electrons. The number of hydrogen-bond donors (Lipinski definition) is 1. The molecule has 0 aliphatic carbocycles. The number of rotatable bonds is 1. The van der Waals surface area contributed by atoms with Crippen LogP contribution in [0.3, 0.4) is 0 Å². The zero-order chi connectivity index (χ0) is 12.0. The van der Waals surface area contributed by atoms with Crippen LogP contribution in [0.5, 0.6) is 0 Å². The van der Waals surface area contributed by atoms with E-state index in [0.29, 0.717) is 17.0 Å². The minimum absolute atomic E-state index is 0.152. The van der Waals surface area contributed by atoms with Crippen molar-refractivity contribution in [2.24, 2.45) is 0 Å². The normalized spacial score (nSPS) is 11.1. The third-order valence-corrected chi connectivity index (χ3v) is 2.72. The van der Waals surface area contributed by atoms with Gasteiger partial charge in [-0.3, -0.25) is 0 Å². The van der Waals surface area contributed by atoms with Crippen LogP contribution in [0.4, 0.5) is 0 Å². The lowest BCUT2D eigenvalue weighted by Gasteiger charge is -2.00. The van der Waals surface area contributed by atoms with Gasteiger partial charge in [-0.25, -0.2) is 9.78 Å². The molecule has 0 saturated carbocycles. The number of hydrogen-bond acceptors (Lipinski definition) is 3. The van der Waals surface area contributed by atoms with Gasteiger partial charge in [0.15, 0.2) is 11.5 Å². The lowest BCUT2D eigenvalue weighted by Crippen LogP contribution is -1.96. The molecule has 0 spiro atoms. The molecule has 3 aromatic rings. The predicted molar refractivity (Wildman–Crippen MR) is 63.2 cm³/mol. The van der Waals surface area contributed by atoms with E-state index in [1.807, 2.05) is 24.3 Å². The van der Waals surface area contributed by atoms with Gasteiger partial charge in [-0.2, -0.15) is 0 Å². The first kappa shape index (κ1) is 9.84. The van der Waals surface area contributed by atoms with Crippen LogP contribution >= 0.6 is 0 Å². The summed E-state index contributed by atoms with van der Waals surface area (Å²) >= 11 is 0. The maximum atomic E-state index is 11.2. The van der Waals surface area contributed by atoms with Crippen LogP contribution in [0.15, 0.2) is 34.7 Å². The molecule has 4 nitrogen and oxygen atoms in total. The molecule has 0 saturated heterocycles. The molecular weight excluding hydrogens is 218 g/mol. The topological polar surface area (TPSA) is 63.3 Å². The van der Waals surface area contributed by atoms with E-state index in [0.717, 1.165) is 10.8 Å². The van der Waals surface area contributed by atoms with Gasteiger partial charge in [0.1, 0.15) is 11.1 Å². The van der Waals surface area contributed by atoms with Gasteiger partial charge in [0.25, 0.3) is 0 Å². The molecule has 2 aromatic carbocycles. The molecule has 4 heteroatoms. The Morgan fingerprint density at radius 1 is 1.35 bits per heavy atom. The van der Waals surface area contributed by atoms with Gasteiger partial charge in [-0.1, -0.05) is 24.3 Å². The fourth-order valence-electron chi connectivity index (χ4n) is 2.01. The van der Waals surface area contributed by atoms with E-state index in [-0.39, 0.29) is 5.56 Å². The van der Waals surface area contributed by atoms with Crippen molar-refractivity contribution in [2.75, 3.05) is 0 Å². The molecule has 1 N–H and O–H groups in total. The third kappa shape index (κ3) is 1.38. The van der Waals surface area contributed by atoms with Crippen LogP contribution in [0.2, 0.25) is 0 Å². The molecule has 0 fully saturated rings. The Kier molecular flexibility index (Phi) is 1.92. The van der Waals surface area contributed by atoms with Crippen molar-refractivity contribution in [3.63, 3.8) is 0 Å². The van der Waals surface area contributed by atoms with E-state index >= 15 is 0 Å². The second-order valence-electron chi connectivity index (χ2n) is 3.86. The molecule has 0 amide bonds. The van der Waals surface area contributed by atoms with Gasteiger partial charge in [-0.05, 0) is 11.5 Å². The number of aryl methyl sites for hydroxylation is 1. The number of aromatic nitrogens is 1. The standard InChI is InChI=1S/C13H9NO3/c1-7-14-11-9-5-3-2-4-8(9)6-10(13(15)16)12(11)17-7/h2-6H,1H3,(H,15,16). The quantitative estimate of drug-likeness (QED) is 0.694. The number of fused-ring (bicyclic) bond motifs is 3. The Bertz CT molecular complexity index is 743. The second kappa shape index (κ2) is 3.31. The van der Waals surface area contributed by atoms with Gasteiger partial charge in [0.2, 0.25) is 0 Å². The molecule has 0 atom stereocenters. The van der Waals surface area contributed by atoms with Crippen molar-refractivity contribution in [3.05, 3.63) is 41.8 Å². The summed E-state index contributed by atoms with van der Waals surface area (Å²) in [4.78, 5) is 15.4. The molecule has 1 aromatic heterocycles. The van der Waals surface area contributed by atoms with Crippen LogP contribution in [-0.2, 0) is 0 Å². The molecule has 84 valence electrons. The average Bonchev–Trinajstić information content (AvgIpc) is 2.69. The number of aromatic carboxylic acids is 1. The van der Waals surface area contributed by atoms with E-state index in [1.165, 1.54) is 0 Å². The summed E-state index contributed by atoms with van der Waals surface area (Å²) in [6, 6.07) is 9.15. The van der Waals surface area contributed by atoms with Gasteiger partial charge in [0, 0.05) is 12.3 Å². The van der Waals surface area contributed by atoms with Gasteiger partial charge in [0.05, 0.1) is 0 Å².